The summed E-state index contributed by atoms with van der Waals surface area (Å²) in [7, 11) is 0. The van der Waals surface area contributed by atoms with Crippen LogP contribution in [0.15, 0.2) is 30.3 Å². The second kappa shape index (κ2) is 5.51. The summed E-state index contributed by atoms with van der Waals surface area (Å²) in [4.78, 5) is 15.9. The average Bonchev–Trinajstić information content (AvgIpc) is 2.51. The van der Waals surface area contributed by atoms with Crippen LogP contribution in [0.5, 0.6) is 0 Å². The standard InChI is InChI=1S/C15H17N3O2/c16-6-7-18-13-8-14(18)10-17(9-13)15(19)20-11-12-4-2-1-3-5-12/h1-5,13-14H,7-11H2. The van der Waals surface area contributed by atoms with E-state index in [1.165, 1.54) is 0 Å². The number of benzene rings is 1. The molecule has 20 heavy (non-hydrogen) atoms. The zero-order valence-corrected chi connectivity index (χ0v) is 11.2. The topological polar surface area (TPSA) is 56.6 Å². The van der Waals surface area contributed by atoms with Gasteiger partial charge in [0.1, 0.15) is 6.61 Å². The molecule has 5 nitrogen and oxygen atoms in total. The third-order valence-electron chi connectivity index (χ3n) is 4.06. The minimum absolute atomic E-state index is 0.250. The van der Waals surface area contributed by atoms with E-state index in [-0.39, 0.29) is 6.09 Å². The maximum Gasteiger partial charge on any atom is 0.410 e. The number of ether oxygens (including phenoxy) is 1. The third-order valence-corrected chi connectivity index (χ3v) is 4.06. The van der Waals surface area contributed by atoms with E-state index >= 15 is 0 Å². The third kappa shape index (κ3) is 2.47. The highest BCUT2D eigenvalue weighted by atomic mass is 16.6. The van der Waals surface area contributed by atoms with Crippen LogP contribution in [0.3, 0.4) is 0 Å². The maximum absolute atomic E-state index is 12.0. The molecule has 0 aliphatic carbocycles. The molecule has 0 N–H and O–H groups in total. The van der Waals surface area contributed by atoms with Gasteiger partial charge in [-0.1, -0.05) is 30.3 Å². The molecule has 2 unspecified atom stereocenters. The van der Waals surface area contributed by atoms with Gasteiger partial charge in [-0.2, -0.15) is 5.26 Å². The lowest BCUT2D eigenvalue weighted by Crippen LogP contribution is -2.69. The smallest absolute Gasteiger partial charge is 0.410 e. The molecule has 1 aromatic carbocycles. The summed E-state index contributed by atoms with van der Waals surface area (Å²) in [5.41, 5.74) is 0.995. The van der Waals surface area contributed by atoms with Gasteiger partial charge in [-0.05, 0) is 12.0 Å². The first-order chi connectivity index (χ1) is 9.78. The molecule has 5 heteroatoms. The molecule has 3 heterocycles. The number of hydrogen-bond acceptors (Lipinski definition) is 4. The van der Waals surface area contributed by atoms with Gasteiger partial charge in [-0.15, -0.1) is 0 Å². The maximum atomic E-state index is 12.0. The fourth-order valence-electron chi connectivity index (χ4n) is 2.99. The van der Waals surface area contributed by atoms with Gasteiger partial charge in [0.15, 0.2) is 0 Å². The Morgan fingerprint density at radius 1 is 1.30 bits per heavy atom. The molecule has 3 saturated heterocycles. The number of carbonyl (C=O) groups is 1. The van der Waals surface area contributed by atoms with Crippen LogP contribution in [-0.4, -0.2) is 47.6 Å². The summed E-state index contributed by atoms with van der Waals surface area (Å²) in [6.45, 7) is 2.12. The molecule has 0 spiro atoms. The highest BCUT2D eigenvalue weighted by Gasteiger charge is 2.45. The molecular formula is C15H17N3O2. The number of nitriles is 1. The molecule has 3 fully saturated rings. The predicted octanol–water partition coefficient (Wildman–Crippen LogP) is 1.61. The molecule has 0 radical (unpaired) electrons. The summed E-state index contributed by atoms with van der Waals surface area (Å²) in [6.07, 6.45) is 0.838. The Labute approximate surface area is 118 Å². The number of carbonyl (C=O) groups excluding carboxylic acids is 1. The van der Waals surface area contributed by atoms with Crippen molar-refractivity contribution in [2.75, 3.05) is 19.6 Å². The second-order valence-electron chi connectivity index (χ2n) is 5.32. The first-order valence-corrected chi connectivity index (χ1v) is 6.86. The molecular weight excluding hydrogens is 254 g/mol. The molecule has 3 aliphatic rings. The monoisotopic (exact) mass is 271 g/mol. The van der Waals surface area contributed by atoms with E-state index < -0.39 is 0 Å². The molecule has 2 bridgehead atoms. The van der Waals surface area contributed by atoms with Crippen molar-refractivity contribution in [1.82, 2.24) is 9.80 Å². The molecule has 4 rings (SSSR count). The Hall–Kier alpha value is -2.06. The van der Waals surface area contributed by atoms with E-state index in [4.69, 9.17) is 10.00 Å². The number of nitrogens with zero attached hydrogens (tertiary/aromatic N) is 3. The van der Waals surface area contributed by atoms with Crippen LogP contribution >= 0.6 is 0 Å². The van der Waals surface area contributed by atoms with E-state index in [1.807, 2.05) is 30.3 Å². The van der Waals surface area contributed by atoms with Gasteiger partial charge in [0.05, 0.1) is 12.6 Å². The van der Waals surface area contributed by atoms with E-state index in [2.05, 4.69) is 11.0 Å². The Bertz CT molecular complexity index is 514. The van der Waals surface area contributed by atoms with Crippen LogP contribution in [-0.2, 0) is 11.3 Å². The highest BCUT2D eigenvalue weighted by molar-refractivity contribution is 5.68. The van der Waals surface area contributed by atoms with Crippen molar-refractivity contribution >= 4 is 6.09 Å². The zero-order valence-electron chi connectivity index (χ0n) is 11.2. The number of amides is 1. The summed E-state index contributed by atoms with van der Waals surface area (Å²) < 4.78 is 5.34. The highest BCUT2D eigenvalue weighted by Crippen LogP contribution is 2.31. The molecule has 1 amide bonds. The van der Waals surface area contributed by atoms with Gasteiger partial charge in [0.2, 0.25) is 0 Å². The molecule has 2 atom stereocenters. The summed E-state index contributed by atoms with van der Waals surface area (Å²) in [5, 5.41) is 8.75. The minimum Gasteiger partial charge on any atom is -0.445 e. The normalized spacial score (nSPS) is 24.6. The average molecular weight is 271 g/mol. The quantitative estimate of drug-likeness (QED) is 0.784. The van der Waals surface area contributed by atoms with Gasteiger partial charge >= 0.3 is 6.09 Å². The fourth-order valence-corrected chi connectivity index (χ4v) is 2.99. The fraction of sp³-hybridized carbons (Fsp3) is 0.467. The van der Waals surface area contributed by atoms with Crippen molar-refractivity contribution in [1.29, 1.82) is 5.26 Å². The number of piperidine rings is 1. The van der Waals surface area contributed by atoms with Crippen molar-refractivity contribution < 1.29 is 9.53 Å². The van der Waals surface area contributed by atoms with Gasteiger partial charge in [-0.25, -0.2) is 4.79 Å². The molecule has 0 saturated carbocycles. The van der Waals surface area contributed by atoms with Crippen LogP contribution in [0, 0.1) is 11.3 Å². The second-order valence-corrected chi connectivity index (χ2v) is 5.32. The number of rotatable bonds is 3. The van der Waals surface area contributed by atoms with Gasteiger partial charge in [-0.3, -0.25) is 4.90 Å². The van der Waals surface area contributed by atoms with Crippen LogP contribution in [0.1, 0.15) is 12.0 Å². The molecule has 3 aliphatic heterocycles. The van der Waals surface area contributed by atoms with Crippen molar-refractivity contribution in [3.05, 3.63) is 35.9 Å². The summed E-state index contributed by atoms with van der Waals surface area (Å²) >= 11 is 0. The summed E-state index contributed by atoms with van der Waals surface area (Å²) in [5.74, 6) is 0. The lowest BCUT2D eigenvalue weighted by Gasteiger charge is -2.55. The Kier molecular flexibility index (Phi) is 3.57. The van der Waals surface area contributed by atoms with Crippen LogP contribution in [0.4, 0.5) is 4.79 Å². The van der Waals surface area contributed by atoms with Gasteiger partial charge in [0, 0.05) is 25.2 Å². The number of hydrogen-bond donors (Lipinski definition) is 0. The number of fused-ring (bicyclic) bond motifs is 2. The number of piperazine rings is 1. The van der Waals surface area contributed by atoms with E-state index in [1.54, 1.807) is 4.90 Å². The van der Waals surface area contributed by atoms with Crippen molar-refractivity contribution in [3.8, 4) is 6.07 Å². The molecule has 104 valence electrons. The Balaban J connectivity index is 1.49. The minimum atomic E-state index is -0.250. The predicted molar refractivity (Wildman–Crippen MR) is 72.7 cm³/mol. The van der Waals surface area contributed by atoms with E-state index in [0.29, 0.717) is 38.3 Å². The van der Waals surface area contributed by atoms with Crippen LogP contribution in [0.2, 0.25) is 0 Å². The van der Waals surface area contributed by atoms with Crippen molar-refractivity contribution in [3.63, 3.8) is 0 Å². The Morgan fingerprint density at radius 2 is 2.00 bits per heavy atom. The lowest BCUT2D eigenvalue weighted by molar-refractivity contribution is -0.0564. The molecule has 1 aromatic rings. The molecule has 0 aromatic heterocycles. The Morgan fingerprint density at radius 3 is 2.65 bits per heavy atom. The zero-order chi connectivity index (χ0) is 13.9. The van der Waals surface area contributed by atoms with Crippen LogP contribution < -0.4 is 0 Å². The van der Waals surface area contributed by atoms with Crippen LogP contribution in [0.25, 0.3) is 0 Å². The van der Waals surface area contributed by atoms with Gasteiger partial charge < -0.3 is 9.64 Å². The summed E-state index contributed by atoms with van der Waals surface area (Å²) in [6, 6.07) is 12.5. The SMILES string of the molecule is N#CCN1C2CC1CN(C(=O)OCc1ccccc1)C2. The van der Waals surface area contributed by atoms with Gasteiger partial charge in [0.25, 0.3) is 0 Å². The van der Waals surface area contributed by atoms with Crippen molar-refractivity contribution in [2.24, 2.45) is 0 Å². The van der Waals surface area contributed by atoms with E-state index in [0.717, 1.165) is 12.0 Å². The first-order valence-electron chi connectivity index (χ1n) is 6.86. The van der Waals surface area contributed by atoms with Crippen molar-refractivity contribution in [2.45, 2.75) is 25.1 Å². The first kappa shape index (κ1) is 12.9. The lowest BCUT2D eigenvalue weighted by atomic mass is 9.88. The largest absolute Gasteiger partial charge is 0.445 e. The van der Waals surface area contributed by atoms with E-state index in [9.17, 15) is 4.79 Å².